The van der Waals surface area contributed by atoms with Gasteiger partial charge in [-0.1, -0.05) is 12.1 Å². The van der Waals surface area contributed by atoms with Crippen LogP contribution in [0.4, 0.5) is 15.9 Å². The first-order valence-corrected chi connectivity index (χ1v) is 9.87. The number of Topliss-reactive ketones (excluding diaryl/α,β-unsaturated/α-hetero) is 1. The lowest BCUT2D eigenvalue weighted by atomic mass is 10.0. The van der Waals surface area contributed by atoms with Crippen molar-refractivity contribution in [2.75, 3.05) is 23.7 Å². The van der Waals surface area contributed by atoms with Gasteiger partial charge in [-0.3, -0.25) is 9.78 Å². The van der Waals surface area contributed by atoms with Crippen LogP contribution in [0.2, 0.25) is 0 Å². The summed E-state index contributed by atoms with van der Waals surface area (Å²) in [6, 6.07) is 8.33. The fourth-order valence-electron chi connectivity index (χ4n) is 3.66. The van der Waals surface area contributed by atoms with Crippen LogP contribution in [-0.2, 0) is 6.42 Å². The summed E-state index contributed by atoms with van der Waals surface area (Å²) in [5.74, 6) is -0.705. The summed E-state index contributed by atoms with van der Waals surface area (Å²) >= 11 is 0. The summed E-state index contributed by atoms with van der Waals surface area (Å²) in [6.07, 6.45) is 6.65. The van der Waals surface area contributed by atoms with Crippen LogP contribution in [0.1, 0.15) is 28.9 Å². The molecule has 1 saturated heterocycles. The van der Waals surface area contributed by atoms with Crippen LogP contribution in [0.3, 0.4) is 0 Å². The van der Waals surface area contributed by atoms with Crippen LogP contribution in [0.15, 0.2) is 48.9 Å². The normalized spacial score (nSPS) is 14.7. The van der Waals surface area contributed by atoms with Gasteiger partial charge in [0, 0.05) is 54.8 Å². The van der Waals surface area contributed by atoms with E-state index in [1.54, 1.807) is 30.6 Å². The number of ketones is 1. The molecule has 0 radical (unpaired) electrons. The van der Waals surface area contributed by atoms with Crippen LogP contribution in [0.25, 0.3) is 11.3 Å². The van der Waals surface area contributed by atoms with Crippen molar-refractivity contribution < 1.29 is 9.18 Å². The summed E-state index contributed by atoms with van der Waals surface area (Å²) in [7, 11) is 0. The molecule has 154 valence electrons. The standard InChI is InChI=1S/C22H23FN6O/c23-17-4-2-1-3-16(17)18-13-27-22(25)21(28-18)20(30)11-14-12-26-8-5-19(14)29-9-6-15(24)7-10-29/h1-5,8,12-13,15H,6-7,9-11,24H2,(H2,25,27). The predicted octanol–water partition coefficient (Wildman–Crippen LogP) is 2.61. The number of nitrogen functional groups attached to an aromatic ring is 1. The summed E-state index contributed by atoms with van der Waals surface area (Å²) in [4.78, 5) is 27.8. The van der Waals surface area contributed by atoms with Crippen molar-refractivity contribution >= 4 is 17.3 Å². The van der Waals surface area contributed by atoms with Crippen molar-refractivity contribution in [3.05, 3.63) is 66.0 Å². The van der Waals surface area contributed by atoms with E-state index in [0.717, 1.165) is 37.2 Å². The van der Waals surface area contributed by atoms with Gasteiger partial charge in [-0.25, -0.2) is 14.4 Å². The van der Waals surface area contributed by atoms with Gasteiger partial charge in [-0.05, 0) is 31.0 Å². The van der Waals surface area contributed by atoms with Crippen molar-refractivity contribution in [1.29, 1.82) is 0 Å². The maximum absolute atomic E-state index is 14.1. The highest BCUT2D eigenvalue weighted by molar-refractivity contribution is 6.00. The third kappa shape index (κ3) is 4.13. The highest BCUT2D eigenvalue weighted by Crippen LogP contribution is 2.26. The summed E-state index contributed by atoms with van der Waals surface area (Å²) in [6.45, 7) is 1.66. The minimum absolute atomic E-state index is 0.0227. The zero-order valence-electron chi connectivity index (χ0n) is 16.5. The van der Waals surface area contributed by atoms with Gasteiger partial charge in [0.05, 0.1) is 11.9 Å². The van der Waals surface area contributed by atoms with Gasteiger partial charge in [0.1, 0.15) is 11.5 Å². The molecule has 4 rings (SSSR count). The number of hydrogen-bond acceptors (Lipinski definition) is 7. The number of pyridine rings is 1. The molecule has 3 aromatic rings. The zero-order chi connectivity index (χ0) is 21.1. The number of hydrogen-bond donors (Lipinski definition) is 2. The van der Waals surface area contributed by atoms with Crippen LogP contribution < -0.4 is 16.4 Å². The monoisotopic (exact) mass is 406 g/mol. The van der Waals surface area contributed by atoms with Gasteiger partial charge in [-0.15, -0.1) is 0 Å². The van der Waals surface area contributed by atoms with Gasteiger partial charge >= 0.3 is 0 Å². The zero-order valence-corrected chi connectivity index (χ0v) is 16.5. The molecule has 1 aliphatic rings. The molecule has 0 amide bonds. The molecule has 1 aromatic carbocycles. The largest absolute Gasteiger partial charge is 0.382 e. The smallest absolute Gasteiger partial charge is 0.189 e. The number of carbonyl (C=O) groups is 1. The molecular weight excluding hydrogens is 383 g/mol. The molecule has 7 nitrogen and oxygen atoms in total. The van der Waals surface area contributed by atoms with Crippen molar-refractivity contribution in [1.82, 2.24) is 15.0 Å². The van der Waals surface area contributed by atoms with Gasteiger partial charge < -0.3 is 16.4 Å². The minimum atomic E-state index is -0.437. The molecule has 8 heteroatoms. The average Bonchev–Trinajstić information content (AvgIpc) is 2.76. The molecular formula is C22H23FN6O. The molecule has 2 aromatic heterocycles. The van der Waals surface area contributed by atoms with Gasteiger partial charge in [0.15, 0.2) is 11.6 Å². The number of piperidine rings is 1. The Kier molecular flexibility index (Phi) is 5.67. The highest BCUT2D eigenvalue weighted by atomic mass is 19.1. The van der Waals surface area contributed by atoms with Crippen LogP contribution in [0.5, 0.6) is 0 Å². The molecule has 0 unspecified atom stereocenters. The molecule has 1 aliphatic heterocycles. The molecule has 0 saturated carbocycles. The fourth-order valence-corrected chi connectivity index (χ4v) is 3.66. The van der Waals surface area contributed by atoms with E-state index in [9.17, 15) is 9.18 Å². The van der Waals surface area contributed by atoms with Crippen molar-refractivity contribution in [3.63, 3.8) is 0 Å². The molecule has 0 bridgehead atoms. The second kappa shape index (κ2) is 8.54. The first-order chi connectivity index (χ1) is 14.5. The van der Waals surface area contributed by atoms with Crippen LogP contribution in [0, 0.1) is 5.82 Å². The quantitative estimate of drug-likeness (QED) is 0.627. The Hall–Kier alpha value is -3.39. The first kappa shape index (κ1) is 19.9. The van der Waals surface area contributed by atoms with E-state index in [0.29, 0.717) is 0 Å². The summed E-state index contributed by atoms with van der Waals surface area (Å²) < 4.78 is 14.1. The topological polar surface area (TPSA) is 111 Å². The third-order valence-corrected chi connectivity index (χ3v) is 5.32. The fraction of sp³-hybridized carbons (Fsp3) is 0.273. The number of carbonyl (C=O) groups excluding carboxylic acids is 1. The lowest BCUT2D eigenvalue weighted by Crippen LogP contribution is -2.40. The number of benzene rings is 1. The maximum atomic E-state index is 14.1. The van der Waals surface area contributed by atoms with E-state index in [1.807, 2.05) is 6.07 Å². The van der Waals surface area contributed by atoms with E-state index in [-0.39, 0.29) is 41.0 Å². The van der Waals surface area contributed by atoms with Gasteiger partial charge in [-0.2, -0.15) is 0 Å². The second-order valence-corrected chi connectivity index (χ2v) is 7.40. The molecule has 30 heavy (non-hydrogen) atoms. The minimum Gasteiger partial charge on any atom is -0.382 e. The number of rotatable bonds is 5. The third-order valence-electron chi connectivity index (χ3n) is 5.32. The number of anilines is 2. The Labute approximate surface area is 174 Å². The Morgan fingerprint density at radius 1 is 1.17 bits per heavy atom. The Morgan fingerprint density at radius 2 is 1.93 bits per heavy atom. The van der Waals surface area contributed by atoms with E-state index in [1.165, 1.54) is 12.3 Å². The number of nitrogens with two attached hydrogens (primary N) is 2. The Morgan fingerprint density at radius 3 is 2.70 bits per heavy atom. The van der Waals surface area contributed by atoms with E-state index in [2.05, 4.69) is 19.9 Å². The number of aromatic nitrogens is 3. The molecule has 0 atom stereocenters. The predicted molar refractivity (Wildman–Crippen MR) is 114 cm³/mol. The van der Waals surface area contributed by atoms with E-state index in [4.69, 9.17) is 11.5 Å². The Bertz CT molecular complexity index is 1060. The molecule has 4 N–H and O–H groups in total. The summed E-state index contributed by atoms with van der Waals surface area (Å²) in [5.41, 5.74) is 14.3. The molecule has 0 aliphatic carbocycles. The highest BCUT2D eigenvalue weighted by Gasteiger charge is 2.22. The first-order valence-electron chi connectivity index (χ1n) is 9.87. The average molecular weight is 406 g/mol. The van der Waals surface area contributed by atoms with E-state index >= 15 is 0 Å². The lowest BCUT2D eigenvalue weighted by Gasteiger charge is -2.33. The SMILES string of the molecule is Nc1ncc(-c2ccccc2F)nc1C(=O)Cc1cnccc1N1CCC(N)CC1. The Balaban J connectivity index is 1.61. The molecule has 3 heterocycles. The van der Waals surface area contributed by atoms with Gasteiger partial charge in [0.25, 0.3) is 0 Å². The van der Waals surface area contributed by atoms with E-state index < -0.39 is 5.82 Å². The van der Waals surface area contributed by atoms with Crippen molar-refractivity contribution in [2.24, 2.45) is 5.73 Å². The molecule has 0 spiro atoms. The van der Waals surface area contributed by atoms with Crippen LogP contribution in [-0.4, -0.2) is 39.9 Å². The van der Waals surface area contributed by atoms with Gasteiger partial charge in [0.2, 0.25) is 0 Å². The molecule has 1 fully saturated rings. The number of nitrogens with zero attached hydrogens (tertiary/aromatic N) is 4. The number of halogens is 1. The summed E-state index contributed by atoms with van der Waals surface area (Å²) in [5, 5.41) is 0. The van der Waals surface area contributed by atoms with Crippen LogP contribution >= 0.6 is 0 Å². The van der Waals surface area contributed by atoms with Crippen molar-refractivity contribution in [3.8, 4) is 11.3 Å². The second-order valence-electron chi connectivity index (χ2n) is 7.40. The lowest BCUT2D eigenvalue weighted by molar-refractivity contribution is 0.0989. The maximum Gasteiger partial charge on any atom is 0.189 e. The van der Waals surface area contributed by atoms with Crippen molar-refractivity contribution in [2.45, 2.75) is 25.3 Å².